The van der Waals surface area contributed by atoms with Crippen LogP contribution in [-0.4, -0.2) is 19.1 Å². The summed E-state index contributed by atoms with van der Waals surface area (Å²) in [7, 11) is 0. The molecule has 3 heterocycles. The second-order valence-electron chi connectivity index (χ2n) is 16.1. The molecule has 0 unspecified atom stereocenters. The molecule has 0 atom stereocenters. The zero-order chi connectivity index (χ0) is 42.6. The Morgan fingerprint density at radius 2 is 0.812 bits per heavy atom. The molecule has 0 aliphatic rings. The van der Waals surface area contributed by atoms with Crippen LogP contribution in [0.15, 0.2) is 224 Å². The molecule has 64 heavy (non-hydrogen) atoms. The summed E-state index contributed by atoms with van der Waals surface area (Å²) in [4.78, 5) is 14.0. The van der Waals surface area contributed by atoms with Crippen LogP contribution in [0.2, 0.25) is 0 Å². The molecule has 0 N–H and O–H groups in total. The fraction of sp³-hybridized carbons (Fsp3) is 0. The van der Waals surface area contributed by atoms with Crippen LogP contribution in [0.3, 0.4) is 0 Å². The van der Waals surface area contributed by atoms with Crippen LogP contribution < -0.4 is 0 Å². The van der Waals surface area contributed by atoms with Crippen LogP contribution >= 0.6 is 0 Å². The van der Waals surface area contributed by atoms with Gasteiger partial charge in [0.1, 0.15) is 0 Å². The van der Waals surface area contributed by atoms with Gasteiger partial charge < -0.3 is 9.13 Å². The first-order valence-electron chi connectivity index (χ1n) is 21.4. The van der Waals surface area contributed by atoms with Gasteiger partial charge in [-0.3, -0.25) is 0 Å². The third-order valence-corrected chi connectivity index (χ3v) is 12.4. The smallest absolute Gasteiger partial charge is 0.196 e. The third kappa shape index (κ3) is 6.24. The van der Waals surface area contributed by atoms with E-state index in [1.165, 1.54) is 43.7 Å². The summed E-state index contributed by atoms with van der Waals surface area (Å²) in [5.74, 6) is 0.600. The maximum atomic E-state index is 7.86. The van der Waals surface area contributed by atoms with Gasteiger partial charge in [-0.05, 0) is 89.0 Å². The number of fused-ring (bicyclic) bond motifs is 6. The monoisotopic (exact) mass is 815 g/mol. The standard InChI is InChI=1S/C59H37N5/c1-60-52-24-11-8-23-49(52)54-38-53(41-15-4-2-5-16-41)61-59(62-54)44-17-14-20-46(35-44)64-56-26-13-10-22-48(56)51-37-43(32-34-58(51)64)40-29-27-39(28-30-40)42-31-33-57-50(36-42)47-21-9-12-25-55(47)63(57)45-18-6-3-7-19-45/h2-38H. The van der Waals surface area contributed by atoms with Crippen LogP contribution in [0.5, 0.6) is 0 Å². The molecule has 0 aliphatic heterocycles. The molecule has 9 aromatic carbocycles. The molecule has 0 saturated carbocycles. The fourth-order valence-electron chi connectivity index (χ4n) is 9.34. The van der Waals surface area contributed by atoms with E-state index in [1.54, 1.807) is 0 Å². The first-order chi connectivity index (χ1) is 31.7. The SMILES string of the molecule is [C-]#[N+]c1ccccc1-c1cc(-c2ccccc2)nc(-c2cccc(-n3c4ccccc4c4cc(-c5ccc(-c6ccc7c(c6)c6ccccc6n7-c6ccccc6)cc5)ccc43)c2)n1. The van der Waals surface area contributed by atoms with E-state index >= 15 is 0 Å². The number of para-hydroxylation sites is 4. The normalized spacial score (nSPS) is 11.4. The van der Waals surface area contributed by atoms with Gasteiger partial charge in [-0.15, -0.1) is 0 Å². The number of benzene rings is 9. The van der Waals surface area contributed by atoms with Gasteiger partial charge in [0.05, 0.1) is 40.0 Å². The van der Waals surface area contributed by atoms with Gasteiger partial charge >= 0.3 is 0 Å². The van der Waals surface area contributed by atoms with Crippen LogP contribution in [0.1, 0.15) is 0 Å². The molecule has 12 aromatic rings. The summed E-state index contributed by atoms with van der Waals surface area (Å²) in [6.07, 6.45) is 0. The van der Waals surface area contributed by atoms with Crippen LogP contribution in [0.25, 0.3) is 116 Å². The van der Waals surface area contributed by atoms with Crippen molar-refractivity contribution < 1.29 is 0 Å². The second-order valence-corrected chi connectivity index (χ2v) is 16.1. The van der Waals surface area contributed by atoms with E-state index in [4.69, 9.17) is 16.5 Å². The van der Waals surface area contributed by atoms with Crippen LogP contribution in [0.4, 0.5) is 5.69 Å². The molecule has 0 saturated heterocycles. The van der Waals surface area contributed by atoms with E-state index in [-0.39, 0.29) is 0 Å². The Balaban J connectivity index is 0.918. The Morgan fingerprint density at radius 1 is 0.328 bits per heavy atom. The van der Waals surface area contributed by atoms with Crippen molar-refractivity contribution in [3.8, 4) is 67.5 Å². The summed E-state index contributed by atoms with van der Waals surface area (Å²) in [6, 6.07) is 78.7. The highest BCUT2D eigenvalue weighted by atomic mass is 15.0. The van der Waals surface area contributed by atoms with Crippen molar-refractivity contribution in [2.75, 3.05) is 0 Å². The lowest BCUT2D eigenvalue weighted by Gasteiger charge is -2.13. The highest BCUT2D eigenvalue weighted by Crippen LogP contribution is 2.39. The molecule has 12 rings (SSSR count). The topological polar surface area (TPSA) is 40.0 Å². The molecule has 5 heteroatoms. The predicted molar refractivity (Wildman–Crippen MR) is 264 cm³/mol. The Morgan fingerprint density at radius 3 is 1.45 bits per heavy atom. The zero-order valence-corrected chi connectivity index (χ0v) is 34.6. The van der Waals surface area contributed by atoms with Crippen molar-refractivity contribution >= 4 is 49.3 Å². The lowest BCUT2D eigenvalue weighted by molar-refractivity contribution is 1.16. The van der Waals surface area contributed by atoms with E-state index in [0.29, 0.717) is 17.2 Å². The number of hydrogen-bond donors (Lipinski definition) is 0. The predicted octanol–water partition coefficient (Wildman–Crippen LogP) is 15.6. The molecule has 0 aliphatic carbocycles. The van der Waals surface area contributed by atoms with E-state index in [0.717, 1.165) is 55.9 Å². The molecule has 298 valence electrons. The Hall–Kier alpha value is -8.85. The summed E-state index contributed by atoms with van der Waals surface area (Å²) in [5, 5.41) is 4.86. The molecule has 3 aromatic heterocycles. The Kier molecular flexibility index (Phi) is 8.81. The minimum atomic E-state index is 0.557. The van der Waals surface area contributed by atoms with E-state index in [2.05, 4.69) is 190 Å². The van der Waals surface area contributed by atoms with E-state index in [1.807, 2.05) is 48.5 Å². The average molecular weight is 816 g/mol. The summed E-state index contributed by atoms with van der Waals surface area (Å²) in [6.45, 7) is 7.86. The first-order valence-corrected chi connectivity index (χ1v) is 21.4. The molecule has 5 nitrogen and oxygen atoms in total. The summed E-state index contributed by atoms with van der Waals surface area (Å²) in [5.41, 5.74) is 16.3. The van der Waals surface area contributed by atoms with Crippen LogP contribution in [-0.2, 0) is 0 Å². The molecule has 0 fully saturated rings. The molecule has 0 amide bonds. The molecular formula is C59H37N5. The minimum Gasteiger partial charge on any atom is -0.309 e. The van der Waals surface area contributed by atoms with Crippen molar-refractivity contribution in [2.45, 2.75) is 0 Å². The van der Waals surface area contributed by atoms with Crippen molar-refractivity contribution in [3.05, 3.63) is 236 Å². The number of rotatable bonds is 7. The number of aromatic nitrogens is 4. The second kappa shape index (κ2) is 15.3. The number of hydrogen-bond acceptors (Lipinski definition) is 2. The van der Waals surface area contributed by atoms with Gasteiger partial charge in [-0.1, -0.05) is 158 Å². The van der Waals surface area contributed by atoms with Gasteiger partial charge in [-0.2, -0.15) is 0 Å². The quantitative estimate of drug-likeness (QED) is 0.150. The van der Waals surface area contributed by atoms with E-state index in [9.17, 15) is 0 Å². The van der Waals surface area contributed by atoms with E-state index < -0.39 is 0 Å². The maximum absolute atomic E-state index is 7.86. The fourth-order valence-corrected chi connectivity index (χ4v) is 9.34. The lowest BCUT2D eigenvalue weighted by Crippen LogP contribution is -1.98. The number of nitrogens with zero attached hydrogens (tertiary/aromatic N) is 5. The average Bonchev–Trinajstić information content (AvgIpc) is 3.89. The zero-order valence-electron chi connectivity index (χ0n) is 34.6. The lowest BCUT2D eigenvalue weighted by atomic mass is 9.98. The van der Waals surface area contributed by atoms with Gasteiger partial charge in [0.2, 0.25) is 0 Å². The summed E-state index contributed by atoms with van der Waals surface area (Å²) < 4.78 is 4.69. The van der Waals surface area contributed by atoms with Gasteiger partial charge in [0.15, 0.2) is 11.5 Å². The molecule has 0 radical (unpaired) electrons. The maximum Gasteiger partial charge on any atom is 0.196 e. The van der Waals surface area contributed by atoms with Gasteiger partial charge in [0, 0.05) is 49.6 Å². The summed E-state index contributed by atoms with van der Waals surface area (Å²) >= 11 is 0. The first kappa shape index (κ1) is 37.0. The van der Waals surface area contributed by atoms with Gasteiger partial charge in [-0.25, -0.2) is 14.8 Å². The Bertz CT molecular complexity index is 3780. The van der Waals surface area contributed by atoms with Crippen molar-refractivity contribution in [1.29, 1.82) is 0 Å². The molecule has 0 bridgehead atoms. The molecular weight excluding hydrogens is 779 g/mol. The van der Waals surface area contributed by atoms with Crippen molar-refractivity contribution in [1.82, 2.24) is 19.1 Å². The van der Waals surface area contributed by atoms with Gasteiger partial charge in [0.25, 0.3) is 0 Å². The molecule has 0 spiro atoms. The minimum absolute atomic E-state index is 0.557. The van der Waals surface area contributed by atoms with Crippen molar-refractivity contribution in [2.24, 2.45) is 0 Å². The highest BCUT2D eigenvalue weighted by molar-refractivity contribution is 6.11. The van der Waals surface area contributed by atoms with Crippen LogP contribution in [0, 0.1) is 6.57 Å². The largest absolute Gasteiger partial charge is 0.309 e. The Labute approximate surface area is 370 Å². The highest BCUT2D eigenvalue weighted by Gasteiger charge is 2.18. The van der Waals surface area contributed by atoms with Crippen molar-refractivity contribution in [3.63, 3.8) is 0 Å². The third-order valence-electron chi connectivity index (χ3n) is 12.4.